The molecule has 2 N–H and O–H groups in total. The smallest absolute Gasteiger partial charge is 0.273 e. The minimum absolute atomic E-state index is 0.263. The maximum atomic E-state index is 12.7. The summed E-state index contributed by atoms with van der Waals surface area (Å²) in [6.45, 7) is 0.464. The van der Waals surface area contributed by atoms with Crippen LogP contribution in [0.4, 0.5) is 5.69 Å². The molecule has 0 spiro atoms. The van der Waals surface area contributed by atoms with Gasteiger partial charge in [-0.25, -0.2) is 5.43 Å². The van der Waals surface area contributed by atoms with Gasteiger partial charge in [0.1, 0.15) is 12.4 Å². The molecule has 0 aliphatic carbocycles. The topological polar surface area (TPSA) is 79.8 Å². The van der Waals surface area contributed by atoms with E-state index in [1.807, 2.05) is 60.0 Å². The average molecular weight is 456 g/mol. The lowest BCUT2D eigenvalue weighted by Gasteiger charge is -2.09. The van der Waals surface area contributed by atoms with Crippen molar-refractivity contribution in [3.8, 4) is 5.75 Å². The van der Waals surface area contributed by atoms with Gasteiger partial charge in [-0.15, -0.1) is 11.3 Å². The molecular weight excluding hydrogens is 434 g/mol. The van der Waals surface area contributed by atoms with Crippen LogP contribution in [-0.4, -0.2) is 18.0 Å². The van der Waals surface area contributed by atoms with Crippen LogP contribution in [0.15, 0.2) is 101 Å². The van der Waals surface area contributed by atoms with Crippen molar-refractivity contribution in [1.82, 2.24) is 5.43 Å². The van der Waals surface area contributed by atoms with Gasteiger partial charge in [0.2, 0.25) is 0 Å². The molecule has 0 aliphatic heterocycles. The summed E-state index contributed by atoms with van der Waals surface area (Å²) < 4.78 is 5.82. The number of nitrogens with zero attached hydrogens (tertiary/aromatic N) is 1. The molecule has 0 fully saturated rings. The molecule has 4 rings (SSSR count). The van der Waals surface area contributed by atoms with Gasteiger partial charge in [0.15, 0.2) is 0 Å². The van der Waals surface area contributed by atoms with E-state index in [0.29, 0.717) is 28.5 Å². The molecule has 1 aromatic heterocycles. The Hall–Kier alpha value is -4.23. The van der Waals surface area contributed by atoms with Crippen molar-refractivity contribution in [2.24, 2.45) is 5.10 Å². The highest BCUT2D eigenvalue weighted by Crippen LogP contribution is 2.18. The van der Waals surface area contributed by atoms with Crippen LogP contribution in [0.3, 0.4) is 0 Å². The predicted molar refractivity (Wildman–Crippen MR) is 131 cm³/mol. The summed E-state index contributed by atoms with van der Waals surface area (Å²) in [6, 6.07) is 27.7. The first-order valence-corrected chi connectivity index (χ1v) is 11.1. The SMILES string of the molecule is O=C(Nc1ccccc1C(=O)NN=Cc1cccc(OCc2ccccc2)c1)c1cccs1. The Labute approximate surface area is 195 Å². The molecule has 0 radical (unpaired) electrons. The van der Waals surface area contributed by atoms with Crippen LogP contribution in [0.5, 0.6) is 5.75 Å². The monoisotopic (exact) mass is 455 g/mol. The molecular formula is C26H21N3O3S. The van der Waals surface area contributed by atoms with Gasteiger partial charge in [-0.2, -0.15) is 5.10 Å². The summed E-state index contributed by atoms with van der Waals surface area (Å²) >= 11 is 1.33. The summed E-state index contributed by atoms with van der Waals surface area (Å²) in [5.41, 5.74) is 5.11. The number of hydrogen-bond donors (Lipinski definition) is 2. The third-order valence-corrected chi connectivity index (χ3v) is 5.52. The zero-order chi connectivity index (χ0) is 22.9. The van der Waals surface area contributed by atoms with Crippen molar-refractivity contribution in [1.29, 1.82) is 0 Å². The van der Waals surface area contributed by atoms with Crippen LogP contribution >= 0.6 is 11.3 Å². The van der Waals surface area contributed by atoms with E-state index >= 15 is 0 Å². The summed E-state index contributed by atoms with van der Waals surface area (Å²) in [4.78, 5) is 25.6. The molecule has 3 aromatic carbocycles. The quantitative estimate of drug-likeness (QED) is 0.278. The van der Waals surface area contributed by atoms with Crippen LogP contribution in [0.25, 0.3) is 0 Å². The predicted octanol–water partition coefficient (Wildman–Crippen LogP) is 5.34. The fourth-order valence-corrected chi connectivity index (χ4v) is 3.65. The van der Waals surface area contributed by atoms with Crippen LogP contribution in [0, 0.1) is 0 Å². The lowest BCUT2D eigenvalue weighted by atomic mass is 10.1. The average Bonchev–Trinajstić information content (AvgIpc) is 3.39. The van der Waals surface area contributed by atoms with Crippen molar-refractivity contribution < 1.29 is 14.3 Å². The fourth-order valence-electron chi connectivity index (χ4n) is 3.03. The van der Waals surface area contributed by atoms with Crippen molar-refractivity contribution in [2.45, 2.75) is 6.61 Å². The first kappa shape index (κ1) is 22.0. The van der Waals surface area contributed by atoms with Crippen LogP contribution in [0.1, 0.15) is 31.2 Å². The lowest BCUT2D eigenvalue weighted by Crippen LogP contribution is -2.21. The third-order valence-electron chi connectivity index (χ3n) is 4.65. The number of hydrazone groups is 1. The van der Waals surface area contributed by atoms with Gasteiger partial charge >= 0.3 is 0 Å². The Morgan fingerprint density at radius 3 is 2.52 bits per heavy atom. The molecule has 0 unspecified atom stereocenters. The van der Waals surface area contributed by atoms with Crippen molar-refractivity contribution in [3.05, 3.63) is 118 Å². The number of nitrogens with one attached hydrogen (secondary N) is 2. The highest BCUT2D eigenvalue weighted by atomic mass is 32.1. The summed E-state index contributed by atoms with van der Waals surface area (Å²) in [5.74, 6) is 0.0154. The number of benzene rings is 3. The van der Waals surface area contributed by atoms with Gasteiger partial charge in [-0.05, 0) is 46.8 Å². The maximum Gasteiger partial charge on any atom is 0.273 e. The minimum Gasteiger partial charge on any atom is -0.489 e. The van der Waals surface area contributed by atoms with Crippen LogP contribution in [-0.2, 0) is 6.61 Å². The fraction of sp³-hybridized carbons (Fsp3) is 0.0385. The Bertz CT molecular complexity index is 1250. The largest absolute Gasteiger partial charge is 0.489 e. The van der Waals surface area contributed by atoms with Crippen molar-refractivity contribution in [2.75, 3.05) is 5.32 Å². The molecule has 0 bridgehead atoms. The zero-order valence-electron chi connectivity index (χ0n) is 17.6. The Morgan fingerprint density at radius 2 is 1.70 bits per heavy atom. The highest BCUT2D eigenvalue weighted by Gasteiger charge is 2.14. The molecule has 4 aromatic rings. The van der Waals surface area contributed by atoms with Crippen molar-refractivity contribution in [3.63, 3.8) is 0 Å². The standard InChI is InChI=1S/C26H21N3O3S/c30-25(22-12-4-5-13-23(22)28-26(31)24-14-7-15-33-24)29-27-17-20-10-6-11-21(16-20)32-18-19-8-2-1-3-9-19/h1-17H,18H2,(H,28,31)(H,29,30). The normalized spacial score (nSPS) is 10.7. The van der Waals surface area contributed by atoms with Gasteiger partial charge in [-0.1, -0.05) is 60.7 Å². The zero-order valence-corrected chi connectivity index (χ0v) is 18.4. The first-order chi connectivity index (χ1) is 16.2. The van der Waals surface area contributed by atoms with Gasteiger partial charge in [0.05, 0.1) is 22.3 Å². The number of carbonyl (C=O) groups is 2. The van der Waals surface area contributed by atoms with Crippen molar-refractivity contribution >= 4 is 35.1 Å². The number of ether oxygens (including phenoxy) is 1. The first-order valence-electron chi connectivity index (χ1n) is 10.2. The van der Waals surface area contributed by atoms with Gasteiger partial charge < -0.3 is 10.1 Å². The van der Waals surface area contributed by atoms with Gasteiger partial charge in [0.25, 0.3) is 11.8 Å². The van der Waals surface area contributed by atoms with E-state index in [-0.39, 0.29) is 5.91 Å². The van der Waals surface area contributed by atoms with E-state index in [0.717, 1.165) is 11.1 Å². The van der Waals surface area contributed by atoms with Gasteiger partial charge in [0, 0.05) is 0 Å². The number of carbonyl (C=O) groups excluding carboxylic acids is 2. The Morgan fingerprint density at radius 1 is 0.879 bits per heavy atom. The van der Waals surface area contributed by atoms with E-state index in [9.17, 15) is 9.59 Å². The lowest BCUT2D eigenvalue weighted by molar-refractivity contribution is 0.0956. The third kappa shape index (κ3) is 6.15. The number of thiophene rings is 1. The molecule has 7 heteroatoms. The molecule has 6 nitrogen and oxygen atoms in total. The molecule has 0 aliphatic rings. The second kappa shape index (κ2) is 10.9. The number of para-hydroxylation sites is 1. The summed E-state index contributed by atoms with van der Waals surface area (Å²) in [7, 11) is 0. The summed E-state index contributed by atoms with van der Waals surface area (Å²) in [6.07, 6.45) is 1.54. The maximum absolute atomic E-state index is 12.7. The summed E-state index contributed by atoms with van der Waals surface area (Å²) in [5, 5.41) is 8.66. The molecule has 0 saturated heterocycles. The molecule has 0 atom stereocenters. The minimum atomic E-state index is -0.426. The van der Waals surface area contributed by atoms with Crippen LogP contribution in [0.2, 0.25) is 0 Å². The second-order valence-corrected chi connectivity index (χ2v) is 7.97. The Balaban J connectivity index is 1.37. The Kier molecular flexibility index (Phi) is 7.25. The van der Waals surface area contributed by atoms with Gasteiger partial charge in [-0.3, -0.25) is 9.59 Å². The molecule has 164 valence electrons. The van der Waals surface area contributed by atoms with E-state index < -0.39 is 5.91 Å². The number of rotatable bonds is 8. The highest BCUT2D eigenvalue weighted by molar-refractivity contribution is 7.12. The molecule has 33 heavy (non-hydrogen) atoms. The molecule has 0 saturated carbocycles. The number of amides is 2. The van der Waals surface area contributed by atoms with Crippen LogP contribution < -0.4 is 15.5 Å². The molecule has 2 amide bonds. The molecule has 1 heterocycles. The number of hydrogen-bond acceptors (Lipinski definition) is 5. The van der Waals surface area contributed by atoms with E-state index in [4.69, 9.17) is 4.74 Å². The van der Waals surface area contributed by atoms with E-state index in [1.54, 1.807) is 42.6 Å². The van der Waals surface area contributed by atoms with E-state index in [2.05, 4.69) is 15.8 Å². The number of anilines is 1. The van der Waals surface area contributed by atoms with E-state index in [1.165, 1.54) is 11.3 Å². The second-order valence-electron chi connectivity index (χ2n) is 7.02.